The van der Waals surface area contributed by atoms with Crippen LogP contribution in [-0.4, -0.2) is 42.0 Å². The SMILES string of the molecule is CC1(CCCN2CCC(c3ccccc3)CC2)NC(=O)NC1=O. The van der Waals surface area contributed by atoms with E-state index in [1.165, 1.54) is 18.4 Å². The first-order chi connectivity index (χ1) is 11.1. The molecule has 0 radical (unpaired) electrons. The molecule has 2 aliphatic heterocycles. The molecular weight excluding hydrogens is 290 g/mol. The van der Waals surface area contributed by atoms with E-state index in [1.807, 2.05) is 0 Å². The smallest absolute Gasteiger partial charge is 0.322 e. The third kappa shape index (κ3) is 3.72. The van der Waals surface area contributed by atoms with E-state index in [4.69, 9.17) is 0 Å². The summed E-state index contributed by atoms with van der Waals surface area (Å²) in [5.74, 6) is 0.468. The maximum Gasteiger partial charge on any atom is 0.322 e. The number of benzene rings is 1. The molecule has 0 bridgehead atoms. The van der Waals surface area contributed by atoms with E-state index in [2.05, 4.69) is 45.9 Å². The topological polar surface area (TPSA) is 61.4 Å². The Kier molecular flexibility index (Phi) is 4.66. The van der Waals surface area contributed by atoms with Crippen molar-refractivity contribution in [2.24, 2.45) is 0 Å². The van der Waals surface area contributed by atoms with Crippen LogP contribution < -0.4 is 10.6 Å². The second kappa shape index (κ2) is 6.71. The first kappa shape index (κ1) is 16.0. The molecule has 124 valence electrons. The minimum absolute atomic E-state index is 0.203. The number of amides is 3. The second-order valence-corrected chi connectivity index (χ2v) is 6.87. The zero-order valence-electron chi connectivity index (χ0n) is 13.7. The van der Waals surface area contributed by atoms with Gasteiger partial charge in [0.05, 0.1) is 0 Å². The van der Waals surface area contributed by atoms with E-state index in [9.17, 15) is 9.59 Å². The van der Waals surface area contributed by atoms with Gasteiger partial charge in [-0.2, -0.15) is 0 Å². The van der Waals surface area contributed by atoms with Gasteiger partial charge in [-0.15, -0.1) is 0 Å². The largest absolute Gasteiger partial charge is 0.324 e. The highest BCUT2D eigenvalue weighted by Gasteiger charge is 2.41. The van der Waals surface area contributed by atoms with Crippen LogP contribution in [0.15, 0.2) is 30.3 Å². The molecule has 5 heteroatoms. The number of carbonyl (C=O) groups is 2. The molecule has 3 rings (SSSR count). The number of urea groups is 1. The molecule has 2 saturated heterocycles. The summed E-state index contributed by atoms with van der Waals surface area (Å²) in [6, 6.07) is 10.4. The Hall–Kier alpha value is -1.88. The molecule has 1 unspecified atom stereocenters. The minimum atomic E-state index is -0.737. The van der Waals surface area contributed by atoms with E-state index >= 15 is 0 Å². The Bertz CT molecular complexity index is 567. The summed E-state index contributed by atoms with van der Waals surface area (Å²) in [6.07, 6.45) is 3.99. The van der Waals surface area contributed by atoms with Gasteiger partial charge in [-0.05, 0) is 63.7 Å². The summed E-state index contributed by atoms with van der Waals surface area (Å²) in [7, 11) is 0. The highest BCUT2D eigenvalue weighted by molar-refractivity contribution is 6.06. The van der Waals surface area contributed by atoms with Gasteiger partial charge in [0, 0.05) is 0 Å². The van der Waals surface area contributed by atoms with E-state index in [1.54, 1.807) is 6.92 Å². The first-order valence-electron chi connectivity index (χ1n) is 8.48. The van der Waals surface area contributed by atoms with Crippen LogP contribution in [0.4, 0.5) is 4.79 Å². The van der Waals surface area contributed by atoms with Crippen LogP contribution in [0, 0.1) is 0 Å². The van der Waals surface area contributed by atoms with Gasteiger partial charge in [-0.25, -0.2) is 4.79 Å². The van der Waals surface area contributed by atoms with Crippen LogP contribution in [0.1, 0.15) is 44.1 Å². The van der Waals surface area contributed by atoms with E-state index in [0.29, 0.717) is 12.3 Å². The number of hydrogen-bond acceptors (Lipinski definition) is 3. The lowest BCUT2D eigenvalue weighted by Gasteiger charge is -2.32. The van der Waals surface area contributed by atoms with Crippen LogP contribution in [0.25, 0.3) is 0 Å². The van der Waals surface area contributed by atoms with E-state index < -0.39 is 5.54 Å². The summed E-state index contributed by atoms with van der Waals surface area (Å²) in [5.41, 5.74) is 0.712. The summed E-state index contributed by atoms with van der Waals surface area (Å²) in [4.78, 5) is 25.5. The molecule has 0 aliphatic carbocycles. The van der Waals surface area contributed by atoms with Gasteiger partial charge >= 0.3 is 6.03 Å². The van der Waals surface area contributed by atoms with Crippen LogP contribution in [0.2, 0.25) is 0 Å². The third-order valence-electron chi connectivity index (χ3n) is 5.13. The van der Waals surface area contributed by atoms with E-state index in [-0.39, 0.29) is 11.9 Å². The number of piperidine rings is 1. The lowest BCUT2D eigenvalue weighted by Crippen LogP contribution is -2.44. The maximum atomic E-state index is 11.8. The van der Waals surface area contributed by atoms with Crippen molar-refractivity contribution in [3.05, 3.63) is 35.9 Å². The fraction of sp³-hybridized carbons (Fsp3) is 0.556. The molecular formula is C18H25N3O2. The highest BCUT2D eigenvalue weighted by Crippen LogP contribution is 2.28. The number of likely N-dealkylation sites (tertiary alicyclic amines) is 1. The molecule has 0 aromatic heterocycles. The first-order valence-corrected chi connectivity index (χ1v) is 8.48. The third-order valence-corrected chi connectivity index (χ3v) is 5.13. The average molecular weight is 315 g/mol. The second-order valence-electron chi connectivity index (χ2n) is 6.87. The molecule has 1 aromatic carbocycles. The number of imide groups is 1. The van der Waals surface area contributed by atoms with E-state index in [0.717, 1.165) is 26.1 Å². The lowest BCUT2D eigenvalue weighted by atomic mass is 9.89. The Morgan fingerprint density at radius 2 is 1.87 bits per heavy atom. The van der Waals surface area contributed by atoms with Gasteiger partial charge in [0.1, 0.15) is 5.54 Å². The molecule has 5 nitrogen and oxygen atoms in total. The molecule has 2 aliphatic rings. The zero-order chi connectivity index (χ0) is 16.3. The molecule has 2 N–H and O–H groups in total. The molecule has 1 aromatic rings. The average Bonchev–Trinajstić information content (AvgIpc) is 2.81. The molecule has 23 heavy (non-hydrogen) atoms. The number of nitrogens with one attached hydrogen (secondary N) is 2. The van der Waals surface area contributed by atoms with Gasteiger partial charge in [-0.3, -0.25) is 10.1 Å². The monoisotopic (exact) mass is 315 g/mol. The van der Waals surface area contributed by atoms with Crippen molar-refractivity contribution in [1.29, 1.82) is 0 Å². The fourth-order valence-corrected chi connectivity index (χ4v) is 3.63. The normalized spacial score (nSPS) is 26.1. The Morgan fingerprint density at radius 1 is 1.17 bits per heavy atom. The molecule has 2 fully saturated rings. The summed E-state index contributed by atoms with van der Waals surface area (Å²) < 4.78 is 0. The summed E-state index contributed by atoms with van der Waals surface area (Å²) >= 11 is 0. The van der Waals surface area contributed by atoms with Crippen molar-refractivity contribution in [3.8, 4) is 0 Å². The number of hydrogen-bond donors (Lipinski definition) is 2. The summed E-state index contributed by atoms with van der Waals surface area (Å²) in [5, 5.41) is 5.05. The highest BCUT2D eigenvalue weighted by atomic mass is 16.2. The predicted molar refractivity (Wildman–Crippen MR) is 89.2 cm³/mol. The number of rotatable bonds is 5. The molecule has 1 atom stereocenters. The Morgan fingerprint density at radius 3 is 2.48 bits per heavy atom. The van der Waals surface area contributed by atoms with Gasteiger partial charge < -0.3 is 10.2 Å². The zero-order valence-corrected chi connectivity index (χ0v) is 13.7. The predicted octanol–water partition coefficient (Wildman–Crippen LogP) is 2.24. The van der Waals surface area contributed by atoms with Gasteiger partial charge in [-0.1, -0.05) is 30.3 Å². The minimum Gasteiger partial charge on any atom is -0.324 e. The van der Waals surface area contributed by atoms with Crippen LogP contribution in [0.3, 0.4) is 0 Å². The van der Waals surface area contributed by atoms with Crippen molar-refractivity contribution >= 4 is 11.9 Å². The van der Waals surface area contributed by atoms with Crippen molar-refractivity contribution in [1.82, 2.24) is 15.5 Å². The summed E-state index contributed by atoms with van der Waals surface area (Å²) in [6.45, 7) is 5.00. The van der Waals surface area contributed by atoms with Gasteiger partial charge in [0.15, 0.2) is 0 Å². The maximum absolute atomic E-state index is 11.8. The van der Waals surface area contributed by atoms with Crippen LogP contribution in [-0.2, 0) is 4.79 Å². The molecule has 0 spiro atoms. The van der Waals surface area contributed by atoms with Crippen molar-refractivity contribution in [2.45, 2.75) is 44.1 Å². The quantitative estimate of drug-likeness (QED) is 0.819. The number of nitrogens with zero attached hydrogens (tertiary/aromatic N) is 1. The van der Waals surface area contributed by atoms with Crippen LogP contribution in [0.5, 0.6) is 0 Å². The van der Waals surface area contributed by atoms with Gasteiger partial charge in [0.2, 0.25) is 0 Å². The van der Waals surface area contributed by atoms with Crippen molar-refractivity contribution in [2.75, 3.05) is 19.6 Å². The van der Waals surface area contributed by atoms with Crippen molar-refractivity contribution < 1.29 is 9.59 Å². The fourth-order valence-electron chi connectivity index (χ4n) is 3.63. The molecule has 3 amide bonds. The van der Waals surface area contributed by atoms with Crippen LogP contribution >= 0.6 is 0 Å². The molecule has 2 heterocycles. The van der Waals surface area contributed by atoms with Crippen molar-refractivity contribution in [3.63, 3.8) is 0 Å². The standard InChI is InChI=1S/C18H25N3O2/c1-18(16(22)19-17(23)20-18)10-5-11-21-12-8-15(9-13-21)14-6-3-2-4-7-14/h2-4,6-7,15H,5,8-13H2,1H3,(H2,19,20,22,23). The Labute approximate surface area is 137 Å². The van der Waals surface area contributed by atoms with Gasteiger partial charge in [0.25, 0.3) is 5.91 Å². The number of carbonyl (C=O) groups excluding carboxylic acids is 2. The lowest BCUT2D eigenvalue weighted by molar-refractivity contribution is -0.123. The Balaban J connectivity index is 1.41. The molecule has 0 saturated carbocycles.